The topological polar surface area (TPSA) is 132 Å². The van der Waals surface area contributed by atoms with Gasteiger partial charge in [0.25, 0.3) is 0 Å². The molecule has 3 saturated heterocycles. The van der Waals surface area contributed by atoms with Crippen LogP contribution in [-0.2, 0) is 19.6 Å². The van der Waals surface area contributed by atoms with Gasteiger partial charge in [-0.15, -0.1) is 0 Å². The van der Waals surface area contributed by atoms with Crippen molar-refractivity contribution in [3.05, 3.63) is 29.9 Å². The highest BCUT2D eigenvalue weighted by Crippen LogP contribution is 2.33. The first-order valence-electron chi connectivity index (χ1n) is 12.4. The van der Waals surface area contributed by atoms with Crippen molar-refractivity contribution in [1.82, 2.24) is 28.1 Å². The molecule has 0 spiro atoms. The molecule has 3 fully saturated rings. The monoisotopic (exact) mass is 532 g/mol. The fraction of sp³-hybridized carbons (Fsp3) is 0.609. The number of piperidine rings is 1. The highest BCUT2D eigenvalue weighted by molar-refractivity contribution is 7.89. The van der Waals surface area contributed by atoms with Gasteiger partial charge in [-0.05, 0) is 44.2 Å². The zero-order valence-electron chi connectivity index (χ0n) is 19.8. The van der Waals surface area contributed by atoms with Crippen molar-refractivity contribution in [2.75, 3.05) is 39.4 Å². The number of fused-ring (bicyclic) bond motifs is 1. The predicted octanol–water partition coefficient (Wildman–Crippen LogP) is 2.39. The summed E-state index contributed by atoms with van der Waals surface area (Å²) in [6.45, 7) is 3.27. The van der Waals surface area contributed by atoms with Gasteiger partial charge in [0.15, 0.2) is 5.82 Å². The van der Waals surface area contributed by atoms with Crippen molar-refractivity contribution in [2.24, 2.45) is 5.92 Å². The quantitative estimate of drug-likeness (QED) is 0.486. The smallest absolute Gasteiger partial charge is 0.245 e. The van der Waals surface area contributed by atoms with E-state index in [0.29, 0.717) is 55.9 Å². The maximum atomic E-state index is 13.3. The number of amides is 1. The van der Waals surface area contributed by atoms with Gasteiger partial charge in [-0.2, -0.15) is 18.0 Å². The molecule has 11 nitrogen and oxygen atoms in total. The number of benzene rings is 1. The van der Waals surface area contributed by atoms with E-state index in [1.54, 1.807) is 18.2 Å². The van der Waals surface area contributed by atoms with E-state index < -0.39 is 10.0 Å². The fourth-order valence-corrected chi connectivity index (χ4v) is 7.65. The van der Waals surface area contributed by atoms with Crippen molar-refractivity contribution in [2.45, 2.75) is 48.8 Å². The molecule has 1 amide bonds. The molecule has 0 N–H and O–H groups in total. The van der Waals surface area contributed by atoms with Crippen molar-refractivity contribution >= 4 is 38.7 Å². The lowest BCUT2D eigenvalue weighted by Crippen LogP contribution is -2.43. The van der Waals surface area contributed by atoms with Gasteiger partial charge < -0.3 is 14.2 Å². The van der Waals surface area contributed by atoms with E-state index in [4.69, 9.17) is 9.26 Å². The summed E-state index contributed by atoms with van der Waals surface area (Å²) < 4.78 is 47.3. The Hall–Kier alpha value is -2.48. The summed E-state index contributed by atoms with van der Waals surface area (Å²) in [5, 5.41) is 4.20. The van der Waals surface area contributed by atoms with E-state index in [9.17, 15) is 13.2 Å². The van der Waals surface area contributed by atoms with Crippen LogP contribution in [0.1, 0.15) is 55.7 Å². The number of aromatic nitrogens is 4. The van der Waals surface area contributed by atoms with Crippen molar-refractivity contribution in [3.8, 4) is 0 Å². The standard InChI is InChI=1S/C23H28N6O5S2/c30-23(28-9-4-17(14-28)22-24-21(25-34-22)15-7-12-33-13-8-15)16-5-10-29(11-6-16)36(31,32)19-3-1-2-18-20(19)27-35-26-18/h1-3,15-17H,4-14H2. The van der Waals surface area contributed by atoms with Crippen molar-refractivity contribution < 1.29 is 22.5 Å². The van der Waals surface area contributed by atoms with Crippen LogP contribution < -0.4 is 0 Å². The number of likely N-dealkylation sites (tertiary alicyclic amines) is 1. The lowest BCUT2D eigenvalue weighted by Gasteiger charge is -2.32. The zero-order valence-corrected chi connectivity index (χ0v) is 21.4. The minimum Gasteiger partial charge on any atom is -0.381 e. The molecule has 1 unspecified atom stereocenters. The number of hydrogen-bond donors (Lipinski definition) is 0. The Labute approximate surface area is 213 Å². The fourth-order valence-electron chi connectivity index (χ4n) is 5.43. The van der Waals surface area contributed by atoms with Crippen LogP contribution in [0.4, 0.5) is 0 Å². The van der Waals surface area contributed by atoms with Crippen LogP contribution in [0, 0.1) is 5.92 Å². The zero-order chi connectivity index (χ0) is 24.7. The van der Waals surface area contributed by atoms with E-state index in [0.717, 1.165) is 50.0 Å². The van der Waals surface area contributed by atoms with E-state index in [1.165, 1.54) is 4.31 Å². The van der Waals surface area contributed by atoms with Gasteiger partial charge in [0.05, 0.1) is 17.6 Å². The first-order chi connectivity index (χ1) is 17.5. The molecule has 3 aromatic rings. The number of ether oxygens (including phenoxy) is 1. The van der Waals surface area contributed by atoms with Gasteiger partial charge in [0.2, 0.25) is 21.8 Å². The first-order valence-corrected chi connectivity index (χ1v) is 14.6. The van der Waals surface area contributed by atoms with Gasteiger partial charge in [-0.25, -0.2) is 8.42 Å². The molecule has 192 valence electrons. The number of carbonyl (C=O) groups excluding carboxylic acids is 1. The molecule has 6 rings (SSSR count). The minimum absolute atomic E-state index is 0.0442. The van der Waals surface area contributed by atoms with Crippen LogP contribution in [0.25, 0.3) is 11.0 Å². The van der Waals surface area contributed by atoms with Gasteiger partial charge in [0.1, 0.15) is 15.9 Å². The highest BCUT2D eigenvalue weighted by Gasteiger charge is 2.38. The Kier molecular flexibility index (Phi) is 6.48. The third kappa shape index (κ3) is 4.42. The largest absolute Gasteiger partial charge is 0.381 e. The molecule has 0 bridgehead atoms. The molecule has 2 aromatic heterocycles. The summed E-state index contributed by atoms with van der Waals surface area (Å²) in [7, 11) is -3.70. The Bertz CT molecular complexity index is 1340. The molecule has 0 radical (unpaired) electrons. The molecule has 0 saturated carbocycles. The Morgan fingerprint density at radius 3 is 2.61 bits per heavy atom. The van der Waals surface area contributed by atoms with Gasteiger partial charge >= 0.3 is 0 Å². The Morgan fingerprint density at radius 1 is 1.00 bits per heavy atom. The SMILES string of the molecule is O=C(C1CCN(S(=O)(=O)c2cccc3nsnc23)CC1)N1CCC(c2nc(C3CCOCC3)no2)C1. The number of nitrogens with zero attached hydrogens (tertiary/aromatic N) is 6. The second-order valence-corrected chi connectivity index (χ2v) is 12.1. The number of carbonyl (C=O) groups is 1. The number of hydrogen-bond acceptors (Lipinski definition) is 10. The Morgan fingerprint density at radius 2 is 1.81 bits per heavy atom. The van der Waals surface area contributed by atoms with Crippen LogP contribution in [0.5, 0.6) is 0 Å². The summed E-state index contributed by atoms with van der Waals surface area (Å²) in [4.78, 5) is 20.0. The predicted molar refractivity (Wildman–Crippen MR) is 130 cm³/mol. The van der Waals surface area contributed by atoms with Crippen LogP contribution in [-0.4, -0.2) is 81.8 Å². The number of sulfonamides is 1. The third-order valence-electron chi connectivity index (χ3n) is 7.56. The molecule has 5 heterocycles. The summed E-state index contributed by atoms with van der Waals surface area (Å²) in [5.41, 5.74) is 0.987. The van der Waals surface area contributed by atoms with Crippen molar-refractivity contribution in [3.63, 3.8) is 0 Å². The molecular weight excluding hydrogens is 504 g/mol. The molecule has 13 heteroatoms. The molecule has 36 heavy (non-hydrogen) atoms. The summed E-state index contributed by atoms with van der Waals surface area (Å²) in [5.74, 6) is 1.57. The van der Waals surface area contributed by atoms with Crippen LogP contribution in [0.3, 0.4) is 0 Å². The van der Waals surface area contributed by atoms with E-state index in [2.05, 4.69) is 18.9 Å². The summed E-state index contributed by atoms with van der Waals surface area (Å²) >= 11 is 1.00. The third-order valence-corrected chi connectivity index (χ3v) is 10.0. The molecule has 1 atom stereocenters. The second-order valence-electron chi connectivity index (χ2n) is 9.71. The minimum atomic E-state index is -3.70. The first kappa shape index (κ1) is 23.9. The maximum absolute atomic E-state index is 13.3. The second kappa shape index (κ2) is 9.77. The lowest BCUT2D eigenvalue weighted by molar-refractivity contribution is -0.135. The van der Waals surface area contributed by atoms with E-state index >= 15 is 0 Å². The molecule has 3 aliphatic heterocycles. The van der Waals surface area contributed by atoms with Crippen LogP contribution in [0.2, 0.25) is 0 Å². The van der Waals surface area contributed by atoms with Gasteiger partial charge in [0, 0.05) is 51.2 Å². The molecule has 1 aromatic carbocycles. The average Bonchev–Trinajstić information content (AvgIpc) is 3.69. The highest BCUT2D eigenvalue weighted by atomic mass is 32.2. The molecule has 0 aliphatic carbocycles. The Balaban J connectivity index is 1.06. The molecular formula is C23H28N6O5S2. The van der Waals surface area contributed by atoms with Crippen LogP contribution >= 0.6 is 11.7 Å². The van der Waals surface area contributed by atoms with Crippen LogP contribution in [0.15, 0.2) is 27.6 Å². The molecule has 3 aliphatic rings. The normalized spacial score (nSPS) is 23.0. The van der Waals surface area contributed by atoms with E-state index in [1.807, 2.05) is 4.90 Å². The van der Waals surface area contributed by atoms with Gasteiger partial charge in [-0.3, -0.25) is 4.79 Å². The lowest BCUT2D eigenvalue weighted by atomic mass is 9.96. The number of rotatable bonds is 5. The maximum Gasteiger partial charge on any atom is 0.245 e. The van der Waals surface area contributed by atoms with E-state index in [-0.39, 0.29) is 28.6 Å². The summed E-state index contributed by atoms with van der Waals surface area (Å²) in [6, 6.07) is 5.02. The average molecular weight is 533 g/mol. The van der Waals surface area contributed by atoms with Gasteiger partial charge in [-0.1, -0.05) is 11.2 Å². The van der Waals surface area contributed by atoms with Crippen molar-refractivity contribution in [1.29, 1.82) is 0 Å². The summed E-state index contributed by atoms with van der Waals surface area (Å²) in [6.07, 6.45) is 3.59.